The van der Waals surface area contributed by atoms with E-state index in [-0.39, 0.29) is 36.5 Å². The van der Waals surface area contributed by atoms with Gasteiger partial charge in [-0.3, -0.25) is 4.79 Å². The minimum atomic E-state index is -0.265. The van der Waals surface area contributed by atoms with Crippen LogP contribution in [0, 0.1) is 6.92 Å². The van der Waals surface area contributed by atoms with E-state index in [0.29, 0.717) is 5.69 Å². The average molecular weight is 330 g/mol. The van der Waals surface area contributed by atoms with Gasteiger partial charge in [0.05, 0.1) is 5.69 Å². The highest BCUT2D eigenvalue weighted by Crippen LogP contribution is 2.25. The summed E-state index contributed by atoms with van der Waals surface area (Å²) in [6.07, 6.45) is 3.43. The predicted molar refractivity (Wildman–Crippen MR) is 86.9 cm³/mol. The maximum absolute atomic E-state index is 12.0. The Kier molecular flexibility index (Phi) is 6.05. The second-order valence-electron chi connectivity index (χ2n) is 4.62. The topological polar surface area (TPSA) is 67.2 Å². The van der Waals surface area contributed by atoms with Crippen molar-refractivity contribution in [2.45, 2.75) is 19.8 Å². The Morgan fingerprint density at radius 3 is 2.90 bits per heavy atom. The van der Waals surface area contributed by atoms with E-state index in [4.69, 9.17) is 4.42 Å². The summed E-state index contributed by atoms with van der Waals surface area (Å²) >= 11 is 0. The minimum Gasteiger partial charge on any atom is -0.438 e. The van der Waals surface area contributed by atoms with Crippen molar-refractivity contribution < 1.29 is 9.21 Å². The van der Waals surface area contributed by atoms with E-state index in [2.05, 4.69) is 15.6 Å². The highest BCUT2D eigenvalue weighted by Gasteiger charge is 2.15. The largest absolute Gasteiger partial charge is 0.438 e. The number of aromatic nitrogens is 1. The van der Waals surface area contributed by atoms with Gasteiger partial charge in [-0.2, -0.15) is 0 Å². The number of carbonyl (C=O) groups excluding carboxylic acids is 1. The van der Waals surface area contributed by atoms with Crippen molar-refractivity contribution in [3.05, 3.63) is 41.6 Å². The summed E-state index contributed by atoms with van der Waals surface area (Å²) in [5, 5.41) is 6.17. The Labute approximate surface area is 135 Å². The monoisotopic (exact) mass is 329 g/mol. The van der Waals surface area contributed by atoms with Gasteiger partial charge in [-0.15, -0.1) is 24.8 Å². The SMILES string of the molecule is Cc1ncoc1C(=O)Nc1ccc2c(c1)CCCN2.Cl.Cl. The van der Waals surface area contributed by atoms with Crippen LogP contribution in [0.1, 0.15) is 28.2 Å². The molecule has 3 rings (SSSR count). The van der Waals surface area contributed by atoms with Gasteiger partial charge in [0.25, 0.3) is 5.91 Å². The zero-order chi connectivity index (χ0) is 13.2. The fourth-order valence-corrected chi connectivity index (χ4v) is 2.26. The molecule has 1 aromatic carbocycles. The van der Waals surface area contributed by atoms with Gasteiger partial charge in [0.1, 0.15) is 0 Å². The van der Waals surface area contributed by atoms with Crippen LogP contribution in [0.4, 0.5) is 11.4 Å². The number of hydrogen-bond donors (Lipinski definition) is 2. The molecule has 0 spiro atoms. The molecular formula is C14H17Cl2N3O2. The maximum atomic E-state index is 12.0. The lowest BCUT2D eigenvalue weighted by Crippen LogP contribution is -2.15. The molecule has 1 aliphatic rings. The van der Waals surface area contributed by atoms with Crippen LogP contribution in [0.25, 0.3) is 0 Å². The number of rotatable bonds is 2. The normalized spacial score (nSPS) is 12.2. The third kappa shape index (κ3) is 3.68. The minimum absolute atomic E-state index is 0. The average Bonchev–Trinajstić information content (AvgIpc) is 2.85. The van der Waals surface area contributed by atoms with Gasteiger partial charge in [-0.25, -0.2) is 4.98 Å². The number of hydrogen-bond acceptors (Lipinski definition) is 4. The third-order valence-corrected chi connectivity index (χ3v) is 3.25. The number of fused-ring (bicyclic) bond motifs is 1. The molecule has 0 saturated carbocycles. The molecule has 0 atom stereocenters. The number of nitrogens with one attached hydrogen (secondary N) is 2. The number of oxazole rings is 1. The lowest BCUT2D eigenvalue weighted by Gasteiger charge is -2.18. The molecule has 0 aliphatic carbocycles. The number of carbonyl (C=O) groups is 1. The van der Waals surface area contributed by atoms with Crippen molar-refractivity contribution in [1.29, 1.82) is 0 Å². The molecule has 5 nitrogen and oxygen atoms in total. The van der Waals surface area contributed by atoms with Crippen molar-refractivity contribution in [2.24, 2.45) is 0 Å². The van der Waals surface area contributed by atoms with Crippen LogP contribution in [-0.2, 0) is 6.42 Å². The Morgan fingerprint density at radius 1 is 1.38 bits per heavy atom. The molecule has 0 bridgehead atoms. The second kappa shape index (κ2) is 7.33. The van der Waals surface area contributed by atoms with Gasteiger partial charge >= 0.3 is 0 Å². The van der Waals surface area contributed by atoms with E-state index >= 15 is 0 Å². The first-order chi connectivity index (χ1) is 9.24. The standard InChI is InChI=1S/C14H15N3O2.2ClH/c1-9-13(19-8-16-9)14(18)17-11-4-5-12-10(7-11)3-2-6-15-12;;/h4-5,7-8,15H,2-3,6H2,1H3,(H,17,18);2*1H. The quantitative estimate of drug-likeness (QED) is 0.885. The van der Waals surface area contributed by atoms with Gasteiger partial charge in [0, 0.05) is 17.9 Å². The number of anilines is 2. The summed E-state index contributed by atoms with van der Waals surface area (Å²) in [7, 11) is 0. The summed E-state index contributed by atoms with van der Waals surface area (Å²) in [5.41, 5.74) is 3.76. The van der Waals surface area contributed by atoms with Gasteiger partial charge in [-0.05, 0) is 43.5 Å². The smallest absolute Gasteiger partial charge is 0.293 e. The van der Waals surface area contributed by atoms with E-state index in [0.717, 1.165) is 30.8 Å². The van der Waals surface area contributed by atoms with E-state index in [1.807, 2.05) is 18.2 Å². The molecule has 2 aromatic rings. The molecule has 114 valence electrons. The molecule has 2 heterocycles. The first-order valence-electron chi connectivity index (χ1n) is 6.32. The van der Waals surface area contributed by atoms with Crippen LogP contribution in [0.15, 0.2) is 29.0 Å². The molecule has 0 fully saturated rings. The number of halogens is 2. The van der Waals surface area contributed by atoms with E-state index in [1.54, 1.807) is 6.92 Å². The van der Waals surface area contributed by atoms with Crippen LogP contribution >= 0.6 is 24.8 Å². The Morgan fingerprint density at radius 2 is 2.19 bits per heavy atom. The van der Waals surface area contributed by atoms with Crippen molar-refractivity contribution in [3.63, 3.8) is 0 Å². The van der Waals surface area contributed by atoms with Crippen LogP contribution in [-0.4, -0.2) is 17.4 Å². The van der Waals surface area contributed by atoms with Crippen molar-refractivity contribution in [2.75, 3.05) is 17.2 Å². The molecule has 21 heavy (non-hydrogen) atoms. The highest BCUT2D eigenvalue weighted by molar-refractivity contribution is 6.03. The first kappa shape index (κ1) is 17.3. The Balaban J connectivity index is 0.00000110. The van der Waals surface area contributed by atoms with Crippen molar-refractivity contribution in [1.82, 2.24) is 4.98 Å². The molecular weight excluding hydrogens is 313 g/mol. The number of aryl methyl sites for hydroxylation is 2. The van der Waals surface area contributed by atoms with Crippen molar-refractivity contribution >= 4 is 42.1 Å². The fraction of sp³-hybridized carbons (Fsp3) is 0.286. The van der Waals surface area contributed by atoms with Crippen LogP contribution in [0.5, 0.6) is 0 Å². The zero-order valence-electron chi connectivity index (χ0n) is 11.5. The lowest BCUT2D eigenvalue weighted by atomic mass is 10.0. The summed E-state index contributed by atoms with van der Waals surface area (Å²) in [6, 6.07) is 5.89. The lowest BCUT2D eigenvalue weighted by molar-refractivity contribution is 0.0996. The number of benzene rings is 1. The van der Waals surface area contributed by atoms with Gasteiger partial charge in [-0.1, -0.05) is 0 Å². The van der Waals surface area contributed by atoms with E-state index < -0.39 is 0 Å². The molecule has 0 saturated heterocycles. The maximum Gasteiger partial charge on any atom is 0.293 e. The van der Waals surface area contributed by atoms with Crippen LogP contribution in [0.2, 0.25) is 0 Å². The molecule has 1 aromatic heterocycles. The summed E-state index contributed by atoms with van der Waals surface area (Å²) in [4.78, 5) is 15.9. The molecule has 0 radical (unpaired) electrons. The Bertz CT molecular complexity index is 628. The van der Waals surface area contributed by atoms with Crippen molar-refractivity contribution in [3.8, 4) is 0 Å². The zero-order valence-corrected chi connectivity index (χ0v) is 13.1. The summed E-state index contributed by atoms with van der Waals surface area (Å²) in [6.45, 7) is 2.76. The van der Waals surface area contributed by atoms with Crippen LogP contribution < -0.4 is 10.6 Å². The third-order valence-electron chi connectivity index (χ3n) is 3.25. The molecule has 1 amide bonds. The number of amides is 1. The molecule has 0 unspecified atom stereocenters. The van der Waals surface area contributed by atoms with E-state index in [1.165, 1.54) is 12.0 Å². The van der Waals surface area contributed by atoms with Gasteiger partial charge < -0.3 is 15.1 Å². The van der Waals surface area contributed by atoms with Crippen LogP contribution in [0.3, 0.4) is 0 Å². The summed E-state index contributed by atoms with van der Waals surface area (Å²) < 4.78 is 5.08. The molecule has 7 heteroatoms. The highest BCUT2D eigenvalue weighted by atomic mass is 35.5. The number of nitrogens with zero attached hydrogens (tertiary/aromatic N) is 1. The summed E-state index contributed by atoms with van der Waals surface area (Å²) in [5.74, 6) is -0.00503. The molecule has 1 aliphatic heterocycles. The van der Waals surface area contributed by atoms with Gasteiger partial charge in [0.2, 0.25) is 5.76 Å². The van der Waals surface area contributed by atoms with Gasteiger partial charge in [0.15, 0.2) is 6.39 Å². The Hall–Kier alpha value is -1.72. The predicted octanol–water partition coefficient (Wildman–Crippen LogP) is 3.44. The first-order valence-corrected chi connectivity index (χ1v) is 6.32. The fourth-order valence-electron chi connectivity index (χ4n) is 2.26. The van der Waals surface area contributed by atoms with E-state index in [9.17, 15) is 4.79 Å². The second-order valence-corrected chi connectivity index (χ2v) is 4.62. The molecule has 2 N–H and O–H groups in total.